The lowest BCUT2D eigenvalue weighted by Gasteiger charge is -2.48. The van der Waals surface area contributed by atoms with Crippen LogP contribution < -0.4 is 9.47 Å². The summed E-state index contributed by atoms with van der Waals surface area (Å²) >= 11 is 0. The van der Waals surface area contributed by atoms with Gasteiger partial charge >= 0.3 is 5.69 Å². The van der Waals surface area contributed by atoms with Crippen molar-refractivity contribution < 1.29 is 19.5 Å². The molecular weight excluding hydrogens is 250 g/mol. The third-order valence-electron chi connectivity index (χ3n) is 3.75. The SMILES string of the molecule is COc1ccc(OC2CC(O)C2(C)C)cc1[N+](=O)[O-]. The fourth-order valence-corrected chi connectivity index (χ4v) is 2.11. The zero-order valence-electron chi connectivity index (χ0n) is 11.1. The molecule has 104 valence electrons. The van der Waals surface area contributed by atoms with E-state index in [9.17, 15) is 15.2 Å². The summed E-state index contributed by atoms with van der Waals surface area (Å²) in [7, 11) is 1.38. The Morgan fingerprint density at radius 1 is 1.47 bits per heavy atom. The number of ether oxygens (including phenoxy) is 2. The van der Waals surface area contributed by atoms with Gasteiger partial charge in [-0.15, -0.1) is 0 Å². The number of nitro groups is 1. The minimum absolute atomic E-state index is 0.127. The van der Waals surface area contributed by atoms with E-state index in [1.54, 1.807) is 6.07 Å². The number of nitrogens with zero attached hydrogens (tertiary/aromatic N) is 1. The molecule has 19 heavy (non-hydrogen) atoms. The summed E-state index contributed by atoms with van der Waals surface area (Å²) in [5.41, 5.74) is -0.466. The second kappa shape index (κ2) is 4.70. The van der Waals surface area contributed by atoms with Crippen molar-refractivity contribution in [2.24, 2.45) is 5.41 Å². The van der Waals surface area contributed by atoms with Gasteiger partial charge in [-0.3, -0.25) is 10.1 Å². The van der Waals surface area contributed by atoms with Crippen LogP contribution in [0, 0.1) is 15.5 Å². The summed E-state index contributed by atoms with van der Waals surface area (Å²) in [5.74, 6) is 0.614. The Hall–Kier alpha value is -1.82. The van der Waals surface area contributed by atoms with E-state index in [1.165, 1.54) is 19.2 Å². The van der Waals surface area contributed by atoms with E-state index in [4.69, 9.17) is 9.47 Å². The molecular formula is C13H17NO5. The molecule has 0 aromatic heterocycles. The highest BCUT2D eigenvalue weighted by Crippen LogP contribution is 2.43. The van der Waals surface area contributed by atoms with Crippen molar-refractivity contribution in [3.05, 3.63) is 28.3 Å². The highest BCUT2D eigenvalue weighted by Gasteiger charge is 2.49. The van der Waals surface area contributed by atoms with Crippen LogP contribution in [0.3, 0.4) is 0 Å². The number of hydrogen-bond acceptors (Lipinski definition) is 5. The van der Waals surface area contributed by atoms with Crippen molar-refractivity contribution in [2.75, 3.05) is 7.11 Å². The van der Waals surface area contributed by atoms with E-state index < -0.39 is 11.0 Å². The first-order valence-corrected chi connectivity index (χ1v) is 6.03. The molecule has 0 amide bonds. The number of aliphatic hydroxyl groups is 1. The first kappa shape index (κ1) is 13.6. The normalized spacial score (nSPS) is 24.4. The van der Waals surface area contributed by atoms with Crippen LogP contribution in [0.1, 0.15) is 20.3 Å². The van der Waals surface area contributed by atoms with E-state index in [0.29, 0.717) is 12.2 Å². The lowest BCUT2D eigenvalue weighted by atomic mass is 9.66. The lowest BCUT2D eigenvalue weighted by molar-refractivity contribution is -0.385. The molecule has 6 heteroatoms. The van der Waals surface area contributed by atoms with Crippen molar-refractivity contribution >= 4 is 5.69 Å². The van der Waals surface area contributed by atoms with Crippen molar-refractivity contribution in [1.82, 2.24) is 0 Å². The Balaban J connectivity index is 2.18. The molecule has 6 nitrogen and oxygen atoms in total. The third-order valence-corrected chi connectivity index (χ3v) is 3.75. The van der Waals surface area contributed by atoms with Crippen LogP contribution in [0.4, 0.5) is 5.69 Å². The zero-order chi connectivity index (χ0) is 14.2. The molecule has 1 aliphatic rings. The van der Waals surface area contributed by atoms with Crippen LogP contribution in [0.25, 0.3) is 0 Å². The Morgan fingerprint density at radius 3 is 2.63 bits per heavy atom. The average Bonchev–Trinajstić information content (AvgIpc) is 2.38. The van der Waals surface area contributed by atoms with Gasteiger partial charge in [-0.05, 0) is 12.1 Å². The number of rotatable bonds is 4. The van der Waals surface area contributed by atoms with Crippen LogP contribution in [-0.2, 0) is 0 Å². The minimum atomic E-state index is -0.507. The number of hydrogen-bond donors (Lipinski definition) is 1. The van der Waals surface area contributed by atoms with Gasteiger partial charge in [0.15, 0.2) is 5.75 Å². The maximum atomic E-state index is 10.9. The number of aliphatic hydroxyl groups excluding tert-OH is 1. The average molecular weight is 267 g/mol. The molecule has 0 radical (unpaired) electrons. The molecule has 0 aliphatic heterocycles. The standard InChI is InChI=1S/C13H17NO5/c1-13(2)11(15)7-12(13)19-8-4-5-10(18-3)9(6-8)14(16)17/h4-6,11-12,15H,7H2,1-3H3. The summed E-state index contributed by atoms with van der Waals surface area (Å²) in [6.07, 6.45) is -0.00597. The molecule has 0 spiro atoms. The van der Waals surface area contributed by atoms with Gasteiger partial charge in [0.2, 0.25) is 0 Å². The van der Waals surface area contributed by atoms with Gasteiger partial charge in [-0.25, -0.2) is 0 Å². The molecule has 2 atom stereocenters. The second-order valence-corrected chi connectivity index (χ2v) is 5.27. The van der Waals surface area contributed by atoms with E-state index in [2.05, 4.69) is 0 Å². The molecule has 1 aromatic carbocycles. The van der Waals surface area contributed by atoms with Crippen LogP contribution in [0.2, 0.25) is 0 Å². The van der Waals surface area contributed by atoms with Gasteiger partial charge in [0.05, 0.1) is 24.2 Å². The molecule has 1 fully saturated rings. The van der Waals surface area contributed by atoms with Crippen molar-refractivity contribution in [3.63, 3.8) is 0 Å². The molecule has 2 rings (SSSR count). The van der Waals surface area contributed by atoms with Crippen LogP contribution in [0.15, 0.2) is 18.2 Å². The Bertz CT molecular complexity index is 500. The highest BCUT2D eigenvalue weighted by molar-refractivity contribution is 5.51. The van der Waals surface area contributed by atoms with Gasteiger partial charge < -0.3 is 14.6 Å². The highest BCUT2D eigenvalue weighted by atomic mass is 16.6. The van der Waals surface area contributed by atoms with Crippen molar-refractivity contribution in [1.29, 1.82) is 0 Å². The van der Waals surface area contributed by atoms with Gasteiger partial charge in [-0.2, -0.15) is 0 Å². The van der Waals surface area contributed by atoms with Crippen LogP contribution in [0.5, 0.6) is 11.5 Å². The van der Waals surface area contributed by atoms with Gasteiger partial charge in [0.1, 0.15) is 11.9 Å². The monoisotopic (exact) mass is 267 g/mol. The maximum absolute atomic E-state index is 10.9. The predicted molar refractivity (Wildman–Crippen MR) is 68.5 cm³/mol. The van der Waals surface area contributed by atoms with Gasteiger partial charge in [-0.1, -0.05) is 13.8 Å². The summed E-state index contributed by atoms with van der Waals surface area (Å²) in [6, 6.07) is 4.49. The molecule has 0 bridgehead atoms. The number of nitro benzene ring substituents is 1. The molecule has 1 aromatic rings. The number of methoxy groups -OCH3 is 1. The lowest BCUT2D eigenvalue weighted by Crippen LogP contribution is -2.56. The van der Waals surface area contributed by atoms with E-state index in [1.807, 2.05) is 13.8 Å². The van der Waals surface area contributed by atoms with E-state index in [0.717, 1.165) is 0 Å². The fraction of sp³-hybridized carbons (Fsp3) is 0.538. The third kappa shape index (κ3) is 2.35. The van der Waals surface area contributed by atoms with E-state index >= 15 is 0 Å². The summed E-state index contributed by atoms with van der Waals surface area (Å²) < 4.78 is 10.6. The van der Waals surface area contributed by atoms with Gasteiger partial charge in [0.25, 0.3) is 0 Å². The van der Waals surface area contributed by atoms with Crippen molar-refractivity contribution in [2.45, 2.75) is 32.5 Å². The predicted octanol–water partition coefficient (Wildman–Crippen LogP) is 2.14. The molecule has 2 unspecified atom stereocenters. The largest absolute Gasteiger partial charge is 0.490 e. The Kier molecular flexibility index (Phi) is 3.36. The first-order chi connectivity index (χ1) is 8.86. The minimum Gasteiger partial charge on any atom is -0.490 e. The topological polar surface area (TPSA) is 81.8 Å². The van der Waals surface area contributed by atoms with Crippen LogP contribution in [-0.4, -0.2) is 29.3 Å². The summed E-state index contributed by atoms with van der Waals surface area (Å²) in [6.45, 7) is 3.81. The van der Waals surface area contributed by atoms with E-state index in [-0.39, 0.29) is 23.0 Å². The number of benzene rings is 1. The molecule has 1 saturated carbocycles. The summed E-state index contributed by atoms with van der Waals surface area (Å²) in [5, 5.41) is 20.6. The second-order valence-electron chi connectivity index (χ2n) is 5.27. The zero-order valence-corrected chi connectivity index (χ0v) is 11.1. The Morgan fingerprint density at radius 2 is 2.16 bits per heavy atom. The Labute approximate surface area is 111 Å². The van der Waals surface area contributed by atoms with Crippen LogP contribution >= 0.6 is 0 Å². The maximum Gasteiger partial charge on any atom is 0.314 e. The van der Waals surface area contributed by atoms with Crippen molar-refractivity contribution in [3.8, 4) is 11.5 Å². The quantitative estimate of drug-likeness (QED) is 0.667. The molecule has 1 N–H and O–H groups in total. The first-order valence-electron chi connectivity index (χ1n) is 6.03. The molecule has 0 saturated heterocycles. The molecule has 0 heterocycles. The molecule has 1 aliphatic carbocycles. The smallest absolute Gasteiger partial charge is 0.314 e. The fourth-order valence-electron chi connectivity index (χ4n) is 2.11. The summed E-state index contributed by atoms with van der Waals surface area (Å²) in [4.78, 5) is 10.4. The van der Waals surface area contributed by atoms with Gasteiger partial charge in [0, 0.05) is 11.8 Å².